The fourth-order valence-corrected chi connectivity index (χ4v) is 3.23. The molecule has 0 bridgehead atoms. The van der Waals surface area contributed by atoms with E-state index in [1.54, 1.807) is 21.3 Å². The first-order valence-corrected chi connectivity index (χ1v) is 10.2. The molecule has 2 aromatic heterocycles. The van der Waals surface area contributed by atoms with E-state index in [0.717, 1.165) is 11.1 Å². The van der Waals surface area contributed by atoms with E-state index in [4.69, 9.17) is 24.4 Å². The number of benzene rings is 2. The van der Waals surface area contributed by atoms with Crippen molar-refractivity contribution < 1.29 is 29.7 Å². The summed E-state index contributed by atoms with van der Waals surface area (Å²) in [6.45, 7) is 1.30. The fraction of sp³-hybridized carbons (Fsp3) is 0.0833. The Kier molecular flexibility index (Phi) is 9.79. The summed E-state index contributed by atoms with van der Waals surface area (Å²) in [4.78, 5) is 0. The Hall–Kier alpha value is -2.60. The molecule has 0 amide bonds. The van der Waals surface area contributed by atoms with E-state index < -0.39 is 0 Å². The fourth-order valence-electron chi connectivity index (χ4n) is 2.84. The molecule has 0 fully saturated rings. The third-order valence-electron chi connectivity index (χ3n) is 4.36. The number of nitrogens with zero attached hydrogens (tertiary/aromatic N) is 2. The summed E-state index contributed by atoms with van der Waals surface area (Å²) in [5.74, 6) is -0.188. The summed E-state index contributed by atoms with van der Waals surface area (Å²) < 4.78 is 4.29. The van der Waals surface area contributed by atoms with Crippen molar-refractivity contribution in [2.45, 2.75) is 13.1 Å². The minimum Gasteiger partial charge on any atom is -0.870 e. The molecule has 152 valence electrons. The van der Waals surface area contributed by atoms with Crippen molar-refractivity contribution in [2.24, 2.45) is 0 Å². The zero-order valence-corrected chi connectivity index (χ0v) is 21.5. The van der Waals surface area contributed by atoms with E-state index in [1.807, 2.05) is 73.1 Å². The molecule has 0 spiro atoms. The predicted octanol–water partition coefficient (Wildman–Crippen LogP) is 4.68. The molecule has 0 N–H and O–H groups in total. The molecule has 7 heteroatoms. The molecule has 4 rings (SSSR count). The first-order valence-electron chi connectivity index (χ1n) is 9.35. The van der Waals surface area contributed by atoms with Crippen molar-refractivity contribution in [2.75, 3.05) is 0 Å². The summed E-state index contributed by atoms with van der Waals surface area (Å²) in [6.07, 6.45) is 3.66. The minimum absolute atomic E-state index is 0. The van der Waals surface area contributed by atoms with E-state index >= 15 is 0 Å². The molecule has 2 aromatic carbocycles. The second kappa shape index (κ2) is 12.3. The molecule has 0 atom stereocenters. The van der Waals surface area contributed by atoms with Gasteiger partial charge in [-0.15, -0.1) is 0 Å². The minimum atomic E-state index is -0.0940. The largest absolute Gasteiger partial charge is 2.00 e. The van der Waals surface area contributed by atoms with Gasteiger partial charge in [-0.2, -0.15) is 0 Å². The van der Waals surface area contributed by atoms with Gasteiger partial charge in [0.05, 0.1) is 9.28 Å². The van der Waals surface area contributed by atoms with Gasteiger partial charge in [0.25, 0.3) is 0 Å². The number of hydrogen-bond acceptors (Lipinski definition) is 4. The van der Waals surface area contributed by atoms with Crippen LogP contribution in [0.15, 0.2) is 97.3 Å². The van der Waals surface area contributed by atoms with Crippen molar-refractivity contribution in [3.05, 3.63) is 118 Å². The monoisotopic (exact) mass is 496 g/mol. The molecule has 0 saturated heterocycles. The second-order valence-electron chi connectivity index (χ2n) is 6.58. The Morgan fingerprint density at radius 1 is 0.548 bits per heavy atom. The quantitative estimate of drug-likeness (QED) is 0.303. The maximum atomic E-state index is 11.3. The molecular formula is C24H20N2O2S2Zn. The van der Waals surface area contributed by atoms with Crippen LogP contribution in [0.3, 0.4) is 0 Å². The van der Waals surface area contributed by atoms with E-state index in [-0.39, 0.29) is 31.0 Å². The average Bonchev–Trinajstić information content (AvgIpc) is 2.77. The van der Waals surface area contributed by atoms with Gasteiger partial charge in [-0.25, -0.2) is 0 Å². The van der Waals surface area contributed by atoms with Crippen molar-refractivity contribution in [1.29, 1.82) is 0 Å². The van der Waals surface area contributed by atoms with E-state index in [9.17, 15) is 10.2 Å². The molecule has 0 unspecified atom stereocenters. The zero-order valence-electron chi connectivity index (χ0n) is 16.9. The van der Waals surface area contributed by atoms with E-state index in [0.29, 0.717) is 22.4 Å². The van der Waals surface area contributed by atoms with Crippen molar-refractivity contribution in [1.82, 2.24) is 9.13 Å². The summed E-state index contributed by atoms with van der Waals surface area (Å²) >= 11 is 10.1. The van der Waals surface area contributed by atoms with Crippen LogP contribution >= 0.6 is 24.4 Å². The van der Waals surface area contributed by atoms with Crippen LogP contribution in [0, 0.1) is 9.28 Å². The summed E-state index contributed by atoms with van der Waals surface area (Å²) in [5, 5.41) is 22.6. The van der Waals surface area contributed by atoms with Gasteiger partial charge in [-0.1, -0.05) is 109 Å². The average molecular weight is 498 g/mol. The second-order valence-corrected chi connectivity index (χ2v) is 7.36. The summed E-state index contributed by atoms with van der Waals surface area (Å²) in [7, 11) is 0. The predicted molar refractivity (Wildman–Crippen MR) is 121 cm³/mol. The van der Waals surface area contributed by atoms with Crippen LogP contribution in [0.5, 0.6) is 11.5 Å². The first kappa shape index (κ1) is 24.7. The van der Waals surface area contributed by atoms with E-state index in [2.05, 4.69) is 0 Å². The standard InChI is InChI=1S/2C12H11NOS.Zn/c2*14-11-7-4-8-13(12(11)15)9-10-5-2-1-3-6-10;/h2*1-8,14H,9H2;/q;;+2/p-2. The molecule has 0 radical (unpaired) electrons. The molecule has 2 heterocycles. The van der Waals surface area contributed by atoms with E-state index in [1.165, 1.54) is 12.1 Å². The van der Waals surface area contributed by atoms with Crippen LogP contribution < -0.4 is 10.2 Å². The molecule has 0 aliphatic carbocycles. The smallest absolute Gasteiger partial charge is 0.870 e. The Balaban J connectivity index is 0.000000213. The Morgan fingerprint density at radius 3 is 1.26 bits per heavy atom. The molecule has 0 aliphatic rings. The third kappa shape index (κ3) is 7.25. The van der Waals surface area contributed by atoms with Gasteiger partial charge in [0, 0.05) is 25.5 Å². The van der Waals surface area contributed by atoms with Crippen molar-refractivity contribution in [3.8, 4) is 11.5 Å². The van der Waals surface area contributed by atoms with Crippen LogP contribution in [0.4, 0.5) is 0 Å². The normalized spacial score (nSPS) is 9.81. The van der Waals surface area contributed by atoms with Gasteiger partial charge in [0.15, 0.2) is 0 Å². The molecule has 31 heavy (non-hydrogen) atoms. The summed E-state index contributed by atoms with van der Waals surface area (Å²) in [6, 6.07) is 26.3. The number of aromatic nitrogens is 2. The maximum Gasteiger partial charge on any atom is 2.00 e. The molecule has 0 saturated carbocycles. The van der Waals surface area contributed by atoms with Gasteiger partial charge in [0.1, 0.15) is 0 Å². The number of rotatable bonds is 4. The van der Waals surface area contributed by atoms with Crippen LogP contribution in [-0.2, 0) is 32.6 Å². The summed E-state index contributed by atoms with van der Waals surface area (Å²) in [5.41, 5.74) is 2.28. The number of pyridine rings is 2. The Bertz CT molecular complexity index is 1110. The third-order valence-corrected chi connectivity index (χ3v) is 5.23. The Morgan fingerprint density at radius 2 is 0.903 bits per heavy atom. The first-order chi connectivity index (χ1) is 14.5. The van der Waals surface area contributed by atoms with Gasteiger partial charge in [0.2, 0.25) is 0 Å². The van der Waals surface area contributed by atoms with Crippen molar-refractivity contribution >= 4 is 24.4 Å². The van der Waals surface area contributed by atoms with Crippen LogP contribution in [-0.4, -0.2) is 9.13 Å². The van der Waals surface area contributed by atoms with Crippen LogP contribution in [0.1, 0.15) is 11.1 Å². The van der Waals surface area contributed by atoms with Gasteiger partial charge < -0.3 is 19.3 Å². The topological polar surface area (TPSA) is 56.0 Å². The van der Waals surface area contributed by atoms with Gasteiger partial charge >= 0.3 is 19.5 Å². The van der Waals surface area contributed by atoms with Gasteiger partial charge in [-0.3, -0.25) is 0 Å². The zero-order chi connectivity index (χ0) is 21.3. The molecular weight excluding hydrogens is 478 g/mol. The SMILES string of the molecule is [O-]c1cccn(Cc2ccccc2)c1=S.[O-]c1cccn(Cc2ccccc2)c1=S.[Zn+2]. The van der Waals surface area contributed by atoms with Crippen LogP contribution in [0.25, 0.3) is 0 Å². The van der Waals surface area contributed by atoms with Crippen molar-refractivity contribution in [3.63, 3.8) is 0 Å². The van der Waals surface area contributed by atoms with Crippen LogP contribution in [0.2, 0.25) is 0 Å². The van der Waals surface area contributed by atoms with Gasteiger partial charge in [-0.05, 0) is 23.3 Å². The maximum absolute atomic E-state index is 11.3. The molecule has 4 nitrogen and oxygen atoms in total. The Labute approximate surface area is 204 Å². The number of hydrogen-bond donors (Lipinski definition) is 0. The molecule has 4 aromatic rings. The molecule has 0 aliphatic heterocycles.